The number of anilines is 1. The largest absolute Gasteiger partial charge is 0.507 e. The highest BCUT2D eigenvalue weighted by Gasteiger charge is 2.13. The summed E-state index contributed by atoms with van der Waals surface area (Å²) in [6.07, 6.45) is 0. The molecule has 0 heterocycles. The Morgan fingerprint density at radius 3 is 2.68 bits per heavy atom. The maximum absolute atomic E-state index is 12.1. The monoisotopic (exact) mass is 383 g/mol. The summed E-state index contributed by atoms with van der Waals surface area (Å²) in [6.45, 7) is 1.94. The van der Waals surface area contributed by atoms with E-state index >= 15 is 0 Å². The van der Waals surface area contributed by atoms with Crippen LogP contribution >= 0.6 is 31.9 Å². The minimum atomic E-state index is -0.356. The summed E-state index contributed by atoms with van der Waals surface area (Å²) in [6, 6.07) is 10.3. The highest BCUT2D eigenvalue weighted by Crippen LogP contribution is 2.28. The number of carbonyl (C=O) groups excluding carboxylic acids is 1. The van der Waals surface area contributed by atoms with Crippen LogP contribution in [0.1, 0.15) is 15.9 Å². The van der Waals surface area contributed by atoms with Crippen molar-refractivity contribution in [2.45, 2.75) is 6.92 Å². The Hall–Kier alpha value is -1.33. The van der Waals surface area contributed by atoms with Gasteiger partial charge in [-0.05, 0) is 52.7 Å². The van der Waals surface area contributed by atoms with E-state index in [4.69, 9.17) is 0 Å². The fraction of sp³-hybridized carbons (Fsp3) is 0.0714. The lowest BCUT2D eigenvalue weighted by atomic mass is 10.1. The predicted molar refractivity (Wildman–Crippen MR) is 82.6 cm³/mol. The molecule has 0 radical (unpaired) electrons. The minimum absolute atomic E-state index is 0.0514. The van der Waals surface area contributed by atoms with Crippen LogP contribution in [0.2, 0.25) is 0 Å². The second-order valence-electron chi connectivity index (χ2n) is 4.05. The molecule has 0 fully saturated rings. The topological polar surface area (TPSA) is 49.3 Å². The van der Waals surface area contributed by atoms with Crippen molar-refractivity contribution in [1.82, 2.24) is 0 Å². The van der Waals surface area contributed by atoms with E-state index in [2.05, 4.69) is 37.2 Å². The number of amides is 1. The average molecular weight is 385 g/mol. The fourth-order valence-electron chi connectivity index (χ4n) is 1.62. The number of benzene rings is 2. The molecule has 0 atom stereocenters. The number of hydrogen-bond donors (Lipinski definition) is 2. The third kappa shape index (κ3) is 3.16. The van der Waals surface area contributed by atoms with Crippen LogP contribution in [-0.2, 0) is 0 Å². The van der Waals surface area contributed by atoms with Crippen LogP contribution in [0.25, 0.3) is 0 Å². The van der Waals surface area contributed by atoms with Gasteiger partial charge in [-0.2, -0.15) is 0 Å². The van der Waals surface area contributed by atoms with Crippen molar-refractivity contribution in [3.63, 3.8) is 0 Å². The second kappa shape index (κ2) is 5.75. The Labute approximate surface area is 127 Å². The predicted octanol–water partition coefficient (Wildman–Crippen LogP) is 4.48. The molecule has 0 aliphatic heterocycles. The van der Waals surface area contributed by atoms with Gasteiger partial charge in [0, 0.05) is 8.95 Å². The van der Waals surface area contributed by atoms with Gasteiger partial charge in [-0.1, -0.05) is 28.1 Å². The van der Waals surface area contributed by atoms with E-state index in [1.165, 1.54) is 6.07 Å². The molecular formula is C14H11Br2NO2. The number of aromatic hydroxyl groups is 1. The Bertz CT molecular complexity index is 641. The van der Waals surface area contributed by atoms with Crippen LogP contribution in [-0.4, -0.2) is 11.0 Å². The Morgan fingerprint density at radius 1 is 1.21 bits per heavy atom. The molecule has 0 saturated carbocycles. The summed E-state index contributed by atoms with van der Waals surface area (Å²) >= 11 is 6.70. The van der Waals surface area contributed by atoms with Gasteiger partial charge in [-0.15, -0.1) is 0 Å². The van der Waals surface area contributed by atoms with Crippen LogP contribution in [0.4, 0.5) is 5.69 Å². The molecule has 0 unspecified atom stereocenters. The Balaban J connectivity index is 2.31. The Morgan fingerprint density at radius 2 is 1.95 bits per heavy atom. The maximum atomic E-state index is 12.1. The van der Waals surface area contributed by atoms with Gasteiger partial charge in [0.05, 0.1) is 11.3 Å². The molecule has 2 aromatic carbocycles. The maximum Gasteiger partial charge on any atom is 0.259 e. The van der Waals surface area contributed by atoms with Crippen molar-refractivity contribution in [3.8, 4) is 5.75 Å². The fourth-order valence-corrected chi connectivity index (χ4v) is 2.35. The van der Waals surface area contributed by atoms with E-state index in [0.717, 1.165) is 14.5 Å². The Kier molecular flexibility index (Phi) is 4.27. The SMILES string of the molecule is Cc1cccc(NC(=O)c2cc(Br)ccc2O)c1Br. The zero-order chi connectivity index (χ0) is 14.0. The number of rotatable bonds is 2. The average Bonchev–Trinajstić information content (AvgIpc) is 2.38. The van der Waals surface area contributed by atoms with Crippen LogP contribution in [0.5, 0.6) is 5.75 Å². The molecule has 2 rings (SSSR count). The van der Waals surface area contributed by atoms with E-state index in [1.54, 1.807) is 18.2 Å². The lowest BCUT2D eigenvalue weighted by Crippen LogP contribution is -2.12. The van der Waals surface area contributed by atoms with Crippen LogP contribution in [0.3, 0.4) is 0 Å². The van der Waals surface area contributed by atoms with Crippen molar-refractivity contribution in [2.75, 3.05) is 5.32 Å². The molecule has 0 saturated heterocycles. The first-order valence-electron chi connectivity index (χ1n) is 5.54. The number of carbonyl (C=O) groups is 1. The lowest BCUT2D eigenvalue weighted by molar-refractivity contribution is 0.102. The van der Waals surface area contributed by atoms with Crippen molar-refractivity contribution >= 4 is 43.5 Å². The highest BCUT2D eigenvalue weighted by atomic mass is 79.9. The number of hydrogen-bond acceptors (Lipinski definition) is 2. The lowest BCUT2D eigenvalue weighted by Gasteiger charge is -2.10. The van der Waals surface area contributed by atoms with Crippen molar-refractivity contribution in [1.29, 1.82) is 0 Å². The van der Waals surface area contributed by atoms with E-state index in [1.807, 2.05) is 19.1 Å². The van der Waals surface area contributed by atoms with Crippen LogP contribution in [0, 0.1) is 6.92 Å². The van der Waals surface area contributed by atoms with Gasteiger partial charge in [-0.25, -0.2) is 0 Å². The number of halogens is 2. The quantitative estimate of drug-likeness (QED) is 0.801. The molecule has 0 spiro atoms. The third-order valence-corrected chi connectivity index (χ3v) is 4.19. The van der Waals surface area contributed by atoms with Crippen molar-refractivity contribution in [2.24, 2.45) is 0 Å². The molecule has 0 aromatic heterocycles. The molecule has 19 heavy (non-hydrogen) atoms. The highest BCUT2D eigenvalue weighted by molar-refractivity contribution is 9.11. The number of phenolic OH excluding ortho intramolecular Hbond substituents is 1. The molecule has 0 bridgehead atoms. The minimum Gasteiger partial charge on any atom is -0.507 e. The normalized spacial score (nSPS) is 10.3. The number of aryl methyl sites for hydroxylation is 1. The van der Waals surface area contributed by atoms with E-state index in [9.17, 15) is 9.90 Å². The first-order chi connectivity index (χ1) is 8.99. The molecule has 0 aliphatic rings. The number of phenols is 1. The van der Waals surface area contributed by atoms with Gasteiger partial charge in [0.2, 0.25) is 0 Å². The van der Waals surface area contributed by atoms with Gasteiger partial charge >= 0.3 is 0 Å². The summed E-state index contributed by atoms with van der Waals surface area (Å²) in [5.41, 5.74) is 1.92. The van der Waals surface area contributed by atoms with Gasteiger partial charge in [-0.3, -0.25) is 4.79 Å². The zero-order valence-corrected chi connectivity index (χ0v) is 13.2. The molecule has 0 aliphatic carbocycles. The van der Waals surface area contributed by atoms with Gasteiger partial charge < -0.3 is 10.4 Å². The number of nitrogens with one attached hydrogen (secondary N) is 1. The summed E-state index contributed by atoms with van der Waals surface area (Å²) in [4.78, 5) is 12.1. The summed E-state index contributed by atoms with van der Waals surface area (Å²) < 4.78 is 1.57. The van der Waals surface area contributed by atoms with Crippen LogP contribution < -0.4 is 5.32 Å². The molecule has 2 N–H and O–H groups in total. The standard InChI is InChI=1S/C14H11Br2NO2/c1-8-3-2-4-11(13(8)16)17-14(19)10-7-9(15)5-6-12(10)18/h2-7,18H,1H3,(H,17,19). The molecule has 5 heteroatoms. The van der Waals surface area contributed by atoms with E-state index < -0.39 is 0 Å². The zero-order valence-electron chi connectivity index (χ0n) is 10.1. The second-order valence-corrected chi connectivity index (χ2v) is 5.76. The first kappa shape index (κ1) is 14.1. The van der Waals surface area contributed by atoms with Crippen LogP contribution in [0.15, 0.2) is 45.3 Å². The van der Waals surface area contributed by atoms with E-state index in [0.29, 0.717) is 5.69 Å². The smallest absolute Gasteiger partial charge is 0.259 e. The molecular weight excluding hydrogens is 374 g/mol. The molecule has 98 valence electrons. The summed E-state index contributed by atoms with van der Waals surface area (Å²) in [5, 5.41) is 12.5. The first-order valence-corrected chi connectivity index (χ1v) is 7.12. The van der Waals surface area contributed by atoms with E-state index in [-0.39, 0.29) is 17.2 Å². The summed E-state index contributed by atoms with van der Waals surface area (Å²) in [7, 11) is 0. The third-order valence-electron chi connectivity index (χ3n) is 2.64. The molecule has 3 nitrogen and oxygen atoms in total. The van der Waals surface area contributed by atoms with Crippen molar-refractivity contribution in [3.05, 3.63) is 56.5 Å². The summed E-state index contributed by atoms with van der Waals surface area (Å²) in [5.74, 6) is -0.408. The van der Waals surface area contributed by atoms with Gasteiger partial charge in [0.15, 0.2) is 0 Å². The molecule has 2 aromatic rings. The van der Waals surface area contributed by atoms with Gasteiger partial charge in [0.25, 0.3) is 5.91 Å². The van der Waals surface area contributed by atoms with Crippen molar-refractivity contribution < 1.29 is 9.90 Å². The van der Waals surface area contributed by atoms with Gasteiger partial charge in [0.1, 0.15) is 5.75 Å². The molecule has 1 amide bonds.